The predicted molar refractivity (Wildman–Crippen MR) is 81.4 cm³/mol. The fraction of sp³-hybridized carbons (Fsp3) is 0.375. The topological polar surface area (TPSA) is 83.6 Å². The van der Waals surface area contributed by atoms with Crippen molar-refractivity contribution in [3.8, 4) is 0 Å². The maximum absolute atomic E-state index is 12.1. The van der Waals surface area contributed by atoms with Crippen molar-refractivity contribution >= 4 is 23.6 Å². The van der Waals surface area contributed by atoms with Gasteiger partial charge in [0, 0.05) is 24.9 Å². The Labute approximate surface area is 124 Å². The molecule has 3 N–H and O–H groups in total. The lowest BCUT2D eigenvalue weighted by Gasteiger charge is -2.35. The van der Waals surface area contributed by atoms with Crippen molar-refractivity contribution in [1.82, 2.24) is 4.90 Å². The van der Waals surface area contributed by atoms with Crippen LogP contribution >= 0.6 is 0 Å². The smallest absolute Gasteiger partial charge is 0.309 e. The van der Waals surface area contributed by atoms with E-state index in [1.54, 1.807) is 30.0 Å². The van der Waals surface area contributed by atoms with Crippen LogP contribution in [0.5, 0.6) is 0 Å². The summed E-state index contributed by atoms with van der Waals surface area (Å²) >= 11 is 0. The number of hydrogen-bond donors (Lipinski definition) is 2. The van der Waals surface area contributed by atoms with Crippen LogP contribution in [-0.4, -0.2) is 35.0 Å². The van der Waals surface area contributed by atoms with E-state index in [1.165, 1.54) is 6.08 Å². The summed E-state index contributed by atoms with van der Waals surface area (Å²) in [5.41, 5.74) is 6.49. The molecule has 0 radical (unpaired) electrons. The number of piperidine rings is 1. The van der Waals surface area contributed by atoms with Crippen molar-refractivity contribution in [2.75, 3.05) is 18.8 Å². The van der Waals surface area contributed by atoms with E-state index in [1.807, 2.05) is 12.1 Å². The van der Waals surface area contributed by atoms with Crippen molar-refractivity contribution < 1.29 is 14.7 Å². The lowest BCUT2D eigenvalue weighted by atomic mass is 9.80. The van der Waals surface area contributed by atoms with E-state index >= 15 is 0 Å². The van der Waals surface area contributed by atoms with Gasteiger partial charge in [0.2, 0.25) is 5.91 Å². The van der Waals surface area contributed by atoms with Crippen molar-refractivity contribution in [3.63, 3.8) is 0 Å². The highest BCUT2D eigenvalue weighted by atomic mass is 16.4. The zero-order chi connectivity index (χ0) is 15.5. The summed E-state index contributed by atoms with van der Waals surface area (Å²) in [7, 11) is 0. The molecule has 0 saturated carbocycles. The molecule has 0 bridgehead atoms. The molecule has 0 aromatic heterocycles. The molecule has 112 valence electrons. The van der Waals surface area contributed by atoms with Gasteiger partial charge in [-0.3, -0.25) is 9.59 Å². The second kappa shape index (κ2) is 5.99. The number of carbonyl (C=O) groups excluding carboxylic acids is 1. The molecule has 1 amide bonds. The molecule has 1 fully saturated rings. The van der Waals surface area contributed by atoms with Crippen LogP contribution in [0.4, 0.5) is 5.69 Å². The number of carboxylic acids is 1. The molecule has 0 atom stereocenters. The minimum atomic E-state index is -0.787. The van der Waals surface area contributed by atoms with Crippen molar-refractivity contribution in [3.05, 3.63) is 35.9 Å². The van der Waals surface area contributed by atoms with Crippen LogP contribution in [0.3, 0.4) is 0 Å². The van der Waals surface area contributed by atoms with E-state index in [4.69, 9.17) is 5.73 Å². The van der Waals surface area contributed by atoms with E-state index in [0.29, 0.717) is 31.6 Å². The van der Waals surface area contributed by atoms with E-state index in [2.05, 4.69) is 0 Å². The summed E-state index contributed by atoms with van der Waals surface area (Å²) in [5.74, 6) is -0.880. The monoisotopic (exact) mass is 288 g/mol. The molecule has 1 aliphatic heterocycles. The SMILES string of the molecule is CC1(C(=O)O)CCN(C(=O)/C=C/c2cccc(N)c2)CC1. The number of hydrogen-bond acceptors (Lipinski definition) is 3. The summed E-state index contributed by atoms with van der Waals surface area (Å²) in [6.07, 6.45) is 4.21. The number of nitrogens with zero attached hydrogens (tertiary/aromatic N) is 1. The van der Waals surface area contributed by atoms with Crippen LogP contribution in [0.25, 0.3) is 6.08 Å². The van der Waals surface area contributed by atoms with Gasteiger partial charge in [0.05, 0.1) is 5.41 Å². The summed E-state index contributed by atoms with van der Waals surface area (Å²) in [5, 5.41) is 9.17. The van der Waals surface area contributed by atoms with Gasteiger partial charge >= 0.3 is 5.97 Å². The van der Waals surface area contributed by atoms with Crippen LogP contribution in [0.2, 0.25) is 0 Å². The minimum Gasteiger partial charge on any atom is -0.481 e. The van der Waals surface area contributed by atoms with Crippen LogP contribution < -0.4 is 5.73 Å². The van der Waals surface area contributed by atoms with Gasteiger partial charge < -0.3 is 15.7 Å². The number of aliphatic carboxylic acids is 1. The van der Waals surface area contributed by atoms with Gasteiger partial charge in [-0.15, -0.1) is 0 Å². The fourth-order valence-electron chi connectivity index (χ4n) is 2.37. The molecule has 5 heteroatoms. The van der Waals surface area contributed by atoms with E-state index in [0.717, 1.165) is 5.56 Å². The van der Waals surface area contributed by atoms with Crippen molar-refractivity contribution in [1.29, 1.82) is 0 Å². The number of benzene rings is 1. The molecule has 1 aromatic carbocycles. The van der Waals surface area contributed by atoms with Gasteiger partial charge in [-0.2, -0.15) is 0 Å². The molecule has 0 unspecified atom stereocenters. The summed E-state index contributed by atoms with van der Waals surface area (Å²) < 4.78 is 0. The van der Waals surface area contributed by atoms with Gasteiger partial charge in [-0.05, 0) is 43.5 Å². The molecule has 2 rings (SSSR count). The number of likely N-dealkylation sites (tertiary alicyclic amines) is 1. The van der Waals surface area contributed by atoms with Gasteiger partial charge in [0.15, 0.2) is 0 Å². The third kappa shape index (κ3) is 3.62. The number of carboxylic acid groups (broad SMARTS) is 1. The average Bonchev–Trinajstić information content (AvgIpc) is 2.45. The van der Waals surface area contributed by atoms with Crippen LogP contribution in [0.15, 0.2) is 30.3 Å². The number of amides is 1. The Hall–Kier alpha value is -2.30. The fourth-order valence-corrected chi connectivity index (χ4v) is 2.37. The second-order valence-corrected chi connectivity index (χ2v) is 5.69. The Morgan fingerprint density at radius 3 is 2.57 bits per heavy atom. The number of nitrogen functional groups attached to an aromatic ring is 1. The number of anilines is 1. The molecule has 1 saturated heterocycles. The standard InChI is InChI=1S/C16H20N2O3/c1-16(15(20)21)7-9-18(10-8-16)14(19)6-5-12-3-2-4-13(17)11-12/h2-6,11H,7-10,17H2,1H3,(H,20,21)/b6-5+. The molecule has 21 heavy (non-hydrogen) atoms. The quantitative estimate of drug-likeness (QED) is 0.658. The highest BCUT2D eigenvalue weighted by Gasteiger charge is 2.37. The van der Waals surface area contributed by atoms with E-state index < -0.39 is 11.4 Å². The molecule has 0 aliphatic carbocycles. The zero-order valence-electron chi connectivity index (χ0n) is 12.1. The summed E-state index contributed by atoms with van der Waals surface area (Å²) in [4.78, 5) is 25.0. The zero-order valence-corrected chi connectivity index (χ0v) is 12.1. The number of carbonyl (C=O) groups is 2. The van der Waals surface area contributed by atoms with E-state index in [-0.39, 0.29) is 5.91 Å². The third-order valence-electron chi connectivity index (χ3n) is 4.02. The highest BCUT2D eigenvalue weighted by molar-refractivity contribution is 5.92. The van der Waals surface area contributed by atoms with Gasteiger partial charge in [-0.25, -0.2) is 0 Å². The largest absolute Gasteiger partial charge is 0.481 e. The van der Waals surface area contributed by atoms with Gasteiger partial charge in [0.1, 0.15) is 0 Å². The minimum absolute atomic E-state index is 0.0927. The molecule has 1 heterocycles. The Balaban J connectivity index is 1.95. The number of nitrogens with two attached hydrogens (primary N) is 1. The Morgan fingerprint density at radius 1 is 1.33 bits per heavy atom. The normalized spacial score (nSPS) is 17.9. The Morgan fingerprint density at radius 2 is 2.00 bits per heavy atom. The maximum Gasteiger partial charge on any atom is 0.309 e. The number of rotatable bonds is 3. The molecule has 0 spiro atoms. The van der Waals surface area contributed by atoms with Gasteiger partial charge in [-0.1, -0.05) is 12.1 Å². The Kier molecular flexibility index (Phi) is 4.31. The summed E-state index contributed by atoms with van der Waals surface area (Å²) in [6.45, 7) is 2.69. The lowest BCUT2D eigenvalue weighted by Crippen LogP contribution is -2.44. The first kappa shape index (κ1) is 15.1. The van der Waals surface area contributed by atoms with E-state index in [9.17, 15) is 14.7 Å². The first-order valence-corrected chi connectivity index (χ1v) is 6.97. The third-order valence-corrected chi connectivity index (χ3v) is 4.02. The molecular weight excluding hydrogens is 268 g/mol. The molecule has 1 aliphatic rings. The highest BCUT2D eigenvalue weighted by Crippen LogP contribution is 2.31. The van der Waals surface area contributed by atoms with Crippen molar-refractivity contribution in [2.24, 2.45) is 5.41 Å². The molecule has 1 aromatic rings. The Bertz CT molecular complexity index is 573. The average molecular weight is 288 g/mol. The lowest BCUT2D eigenvalue weighted by molar-refractivity contribution is -0.152. The first-order chi connectivity index (χ1) is 9.90. The van der Waals surface area contributed by atoms with Gasteiger partial charge in [0.25, 0.3) is 0 Å². The maximum atomic E-state index is 12.1. The van der Waals surface area contributed by atoms with Crippen LogP contribution in [0.1, 0.15) is 25.3 Å². The molecular formula is C16H20N2O3. The van der Waals surface area contributed by atoms with Crippen LogP contribution in [0, 0.1) is 5.41 Å². The van der Waals surface area contributed by atoms with Crippen molar-refractivity contribution in [2.45, 2.75) is 19.8 Å². The van der Waals surface area contributed by atoms with Crippen LogP contribution in [-0.2, 0) is 9.59 Å². The predicted octanol–water partition coefficient (Wildman–Crippen LogP) is 2.00. The second-order valence-electron chi connectivity index (χ2n) is 5.69. The molecule has 5 nitrogen and oxygen atoms in total. The first-order valence-electron chi connectivity index (χ1n) is 6.97. The summed E-state index contributed by atoms with van der Waals surface area (Å²) in [6, 6.07) is 7.29.